The maximum Gasteiger partial charge on any atom is 0.227 e. The lowest BCUT2D eigenvalue weighted by Crippen LogP contribution is -2.49. The zero-order valence-corrected chi connectivity index (χ0v) is 15.9. The SMILES string of the molecule is Cc1ccc(CC(=O)N2CCN(c3ccccc3OC(C)C)CC2)cc1. The van der Waals surface area contributed by atoms with E-state index in [-0.39, 0.29) is 12.0 Å². The molecular weight excluding hydrogens is 324 g/mol. The Morgan fingerprint density at radius 1 is 1.00 bits per heavy atom. The van der Waals surface area contributed by atoms with E-state index in [2.05, 4.69) is 30.0 Å². The van der Waals surface area contributed by atoms with Crippen LogP contribution in [0.2, 0.25) is 0 Å². The zero-order chi connectivity index (χ0) is 18.5. The molecule has 0 bridgehead atoms. The van der Waals surface area contributed by atoms with E-state index in [9.17, 15) is 4.79 Å². The number of ether oxygens (including phenoxy) is 1. The Balaban J connectivity index is 1.59. The van der Waals surface area contributed by atoms with Gasteiger partial charge < -0.3 is 14.5 Å². The Bertz CT molecular complexity index is 732. The highest BCUT2D eigenvalue weighted by molar-refractivity contribution is 5.79. The fourth-order valence-corrected chi connectivity index (χ4v) is 3.26. The minimum absolute atomic E-state index is 0.147. The number of aryl methyl sites for hydroxylation is 1. The van der Waals surface area contributed by atoms with Crippen molar-refractivity contribution in [2.45, 2.75) is 33.3 Å². The fourth-order valence-electron chi connectivity index (χ4n) is 3.26. The van der Waals surface area contributed by atoms with Gasteiger partial charge in [-0.3, -0.25) is 4.79 Å². The monoisotopic (exact) mass is 352 g/mol. The first-order valence-electron chi connectivity index (χ1n) is 9.37. The predicted octanol–water partition coefficient (Wildman–Crippen LogP) is 3.67. The number of amides is 1. The van der Waals surface area contributed by atoms with Crippen LogP contribution in [0.5, 0.6) is 5.75 Å². The van der Waals surface area contributed by atoms with E-state index in [0.29, 0.717) is 6.42 Å². The Morgan fingerprint density at radius 3 is 2.31 bits per heavy atom. The Hall–Kier alpha value is -2.49. The largest absolute Gasteiger partial charge is 0.489 e. The van der Waals surface area contributed by atoms with Gasteiger partial charge in [-0.2, -0.15) is 0 Å². The fraction of sp³-hybridized carbons (Fsp3) is 0.409. The van der Waals surface area contributed by atoms with Gasteiger partial charge in [-0.05, 0) is 38.5 Å². The molecule has 0 aliphatic carbocycles. The molecule has 1 fully saturated rings. The first kappa shape index (κ1) is 18.3. The van der Waals surface area contributed by atoms with Crippen LogP contribution in [0.1, 0.15) is 25.0 Å². The quantitative estimate of drug-likeness (QED) is 0.823. The van der Waals surface area contributed by atoms with E-state index in [1.54, 1.807) is 0 Å². The summed E-state index contributed by atoms with van der Waals surface area (Å²) in [7, 11) is 0. The highest BCUT2D eigenvalue weighted by Gasteiger charge is 2.23. The van der Waals surface area contributed by atoms with Gasteiger partial charge in [0.05, 0.1) is 18.2 Å². The molecule has 3 rings (SSSR count). The van der Waals surface area contributed by atoms with Gasteiger partial charge in [0.25, 0.3) is 0 Å². The molecule has 2 aromatic rings. The normalized spacial score (nSPS) is 14.6. The summed E-state index contributed by atoms with van der Waals surface area (Å²) in [6.07, 6.45) is 0.626. The third-order valence-electron chi connectivity index (χ3n) is 4.68. The van der Waals surface area contributed by atoms with Gasteiger partial charge >= 0.3 is 0 Å². The number of hydrogen-bond donors (Lipinski definition) is 0. The van der Waals surface area contributed by atoms with Gasteiger partial charge in [0.1, 0.15) is 5.75 Å². The Labute approximate surface area is 156 Å². The average Bonchev–Trinajstić information content (AvgIpc) is 2.64. The molecule has 0 unspecified atom stereocenters. The third-order valence-corrected chi connectivity index (χ3v) is 4.68. The van der Waals surface area contributed by atoms with Crippen LogP contribution in [-0.2, 0) is 11.2 Å². The number of anilines is 1. The summed E-state index contributed by atoms with van der Waals surface area (Å²) < 4.78 is 5.94. The lowest BCUT2D eigenvalue weighted by Gasteiger charge is -2.37. The number of carbonyl (C=O) groups excluding carboxylic acids is 1. The minimum atomic E-state index is 0.147. The summed E-state index contributed by atoms with van der Waals surface area (Å²) in [5.41, 5.74) is 3.42. The van der Waals surface area contributed by atoms with E-state index < -0.39 is 0 Å². The number of carbonyl (C=O) groups is 1. The van der Waals surface area contributed by atoms with Gasteiger partial charge in [-0.15, -0.1) is 0 Å². The summed E-state index contributed by atoms with van der Waals surface area (Å²) in [6.45, 7) is 9.31. The van der Waals surface area contributed by atoms with Crippen LogP contribution in [0.25, 0.3) is 0 Å². The molecule has 1 aliphatic rings. The second-order valence-electron chi connectivity index (χ2n) is 7.16. The summed E-state index contributed by atoms with van der Waals surface area (Å²) in [6, 6.07) is 16.4. The number of hydrogen-bond acceptors (Lipinski definition) is 3. The molecule has 26 heavy (non-hydrogen) atoms. The molecule has 0 spiro atoms. The minimum Gasteiger partial charge on any atom is -0.489 e. The summed E-state index contributed by atoms with van der Waals surface area (Å²) in [5, 5.41) is 0. The van der Waals surface area contributed by atoms with Crippen LogP contribution in [0.3, 0.4) is 0 Å². The topological polar surface area (TPSA) is 32.8 Å². The number of rotatable bonds is 5. The van der Waals surface area contributed by atoms with E-state index in [1.807, 2.05) is 49.1 Å². The first-order valence-corrected chi connectivity index (χ1v) is 9.37. The first-order chi connectivity index (χ1) is 12.5. The molecule has 0 N–H and O–H groups in total. The summed E-state index contributed by atoms with van der Waals surface area (Å²) >= 11 is 0. The highest BCUT2D eigenvalue weighted by atomic mass is 16.5. The van der Waals surface area contributed by atoms with Crippen LogP contribution < -0.4 is 9.64 Å². The lowest BCUT2D eigenvalue weighted by atomic mass is 10.1. The summed E-state index contributed by atoms with van der Waals surface area (Å²) in [4.78, 5) is 16.9. The number of piperazine rings is 1. The van der Waals surface area contributed by atoms with E-state index in [1.165, 1.54) is 5.56 Å². The predicted molar refractivity (Wildman–Crippen MR) is 106 cm³/mol. The van der Waals surface area contributed by atoms with Crippen LogP contribution in [0.15, 0.2) is 48.5 Å². The molecule has 1 aliphatic heterocycles. The smallest absolute Gasteiger partial charge is 0.227 e. The molecular formula is C22H28N2O2. The molecule has 1 amide bonds. The van der Waals surface area contributed by atoms with E-state index in [0.717, 1.165) is 43.2 Å². The van der Waals surface area contributed by atoms with Gasteiger partial charge in [-0.1, -0.05) is 42.0 Å². The molecule has 1 saturated heterocycles. The molecule has 2 aromatic carbocycles. The van der Waals surface area contributed by atoms with Crippen LogP contribution in [-0.4, -0.2) is 43.1 Å². The molecule has 4 nitrogen and oxygen atoms in total. The Kier molecular flexibility index (Phi) is 5.82. The van der Waals surface area contributed by atoms with Crippen molar-refractivity contribution in [3.05, 3.63) is 59.7 Å². The molecule has 0 atom stereocenters. The molecule has 0 saturated carbocycles. The van der Waals surface area contributed by atoms with Gasteiger partial charge in [0, 0.05) is 26.2 Å². The van der Waals surface area contributed by atoms with Crippen molar-refractivity contribution in [3.8, 4) is 5.75 Å². The maximum absolute atomic E-state index is 12.6. The summed E-state index contributed by atoms with van der Waals surface area (Å²) in [5.74, 6) is 1.13. The van der Waals surface area contributed by atoms with Crippen LogP contribution in [0.4, 0.5) is 5.69 Å². The van der Waals surface area contributed by atoms with Gasteiger partial charge in [0.2, 0.25) is 5.91 Å². The second-order valence-corrected chi connectivity index (χ2v) is 7.16. The molecule has 138 valence electrons. The van der Waals surface area contributed by atoms with Crippen molar-refractivity contribution >= 4 is 11.6 Å². The number of para-hydroxylation sites is 2. The number of benzene rings is 2. The van der Waals surface area contributed by atoms with Gasteiger partial charge in [-0.25, -0.2) is 0 Å². The average molecular weight is 352 g/mol. The highest BCUT2D eigenvalue weighted by Crippen LogP contribution is 2.29. The Morgan fingerprint density at radius 2 is 1.65 bits per heavy atom. The molecule has 0 aromatic heterocycles. The maximum atomic E-state index is 12.6. The second kappa shape index (κ2) is 8.26. The zero-order valence-electron chi connectivity index (χ0n) is 15.9. The van der Waals surface area contributed by atoms with Crippen LogP contribution >= 0.6 is 0 Å². The lowest BCUT2D eigenvalue weighted by molar-refractivity contribution is -0.130. The number of nitrogens with zero attached hydrogens (tertiary/aromatic N) is 2. The molecule has 4 heteroatoms. The van der Waals surface area contributed by atoms with E-state index in [4.69, 9.17) is 4.74 Å². The molecule has 1 heterocycles. The standard InChI is InChI=1S/C22H28N2O2/c1-17(2)26-21-7-5-4-6-20(21)23-12-14-24(15-13-23)22(25)16-19-10-8-18(3)9-11-19/h4-11,17H,12-16H2,1-3H3. The van der Waals surface area contributed by atoms with Crippen molar-refractivity contribution in [3.63, 3.8) is 0 Å². The van der Waals surface area contributed by atoms with Crippen molar-refractivity contribution < 1.29 is 9.53 Å². The van der Waals surface area contributed by atoms with Gasteiger partial charge in [0.15, 0.2) is 0 Å². The van der Waals surface area contributed by atoms with Crippen molar-refractivity contribution in [1.29, 1.82) is 0 Å². The van der Waals surface area contributed by atoms with Crippen LogP contribution in [0, 0.1) is 6.92 Å². The molecule has 0 radical (unpaired) electrons. The van der Waals surface area contributed by atoms with Crippen molar-refractivity contribution in [1.82, 2.24) is 4.90 Å². The third kappa shape index (κ3) is 4.57. The van der Waals surface area contributed by atoms with E-state index >= 15 is 0 Å². The van der Waals surface area contributed by atoms with Crippen molar-refractivity contribution in [2.24, 2.45) is 0 Å². The van der Waals surface area contributed by atoms with Crippen molar-refractivity contribution in [2.75, 3.05) is 31.1 Å².